The van der Waals surface area contributed by atoms with Gasteiger partial charge in [-0.25, -0.2) is 4.39 Å². The number of aliphatic carboxylic acids is 1. The quantitative estimate of drug-likeness (QED) is 0.820. The number of hydrogen-bond donors (Lipinski definition) is 1. The second-order valence-electron chi connectivity index (χ2n) is 7.08. The zero-order valence-electron chi connectivity index (χ0n) is 14.8. The SMILES string of the molecule is COCC1(C(=O)O)CCCN(C(=O)CC(C)Cc2cccc(F)c2)C1. The lowest BCUT2D eigenvalue weighted by molar-refractivity contribution is -0.159. The van der Waals surface area contributed by atoms with Crippen molar-refractivity contribution in [2.24, 2.45) is 11.3 Å². The van der Waals surface area contributed by atoms with Crippen LogP contribution in [0.25, 0.3) is 0 Å². The van der Waals surface area contributed by atoms with Crippen LogP contribution in [0.2, 0.25) is 0 Å². The third-order valence-corrected chi connectivity index (χ3v) is 4.80. The molecule has 1 aliphatic rings. The third-order valence-electron chi connectivity index (χ3n) is 4.80. The molecule has 1 saturated heterocycles. The van der Waals surface area contributed by atoms with E-state index >= 15 is 0 Å². The molecule has 0 aromatic heterocycles. The molecule has 0 aliphatic carbocycles. The van der Waals surface area contributed by atoms with E-state index in [9.17, 15) is 19.1 Å². The normalized spacial score (nSPS) is 21.8. The molecule has 6 heteroatoms. The minimum absolute atomic E-state index is 0.0506. The molecule has 0 spiro atoms. The number of hydrogen-bond acceptors (Lipinski definition) is 3. The molecule has 1 aliphatic heterocycles. The highest BCUT2D eigenvalue weighted by Gasteiger charge is 2.43. The fourth-order valence-electron chi connectivity index (χ4n) is 3.54. The Morgan fingerprint density at radius 3 is 2.84 bits per heavy atom. The van der Waals surface area contributed by atoms with Crippen LogP contribution < -0.4 is 0 Å². The number of carbonyl (C=O) groups excluding carboxylic acids is 1. The van der Waals surface area contributed by atoms with Crippen LogP contribution in [0.4, 0.5) is 4.39 Å². The highest BCUT2D eigenvalue weighted by Crippen LogP contribution is 2.31. The molecule has 0 bridgehead atoms. The molecule has 2 unspecified atom stereocenters. The number of carboxylic acid groups (broad SMARTS) is 1. The smallest absolute Gasteiger partial charge is 0.313 e. The molecule has 138 valence electrons. The van der Waals surface area contributed by atoms with Gasteiger partial charge < -0.3 is 14.7 Å². The van der Waals surface area contributed by atoms with Crippen molar-refractivity contribution in [2.75, 3.05) is 26.8 Å². The van der Waals surface area contributed by atoms with Gasteiger partial charge in [-0.1, -0.05) is 19.1 Å². The van der Waals surface area contributed by atoms with E-state index in [0.29, 0.717) is 32.2 Å². The topological polar surface area (TPSA) is 66.8 Å². The summed E-state index contributed by atoms with van der Waals surface area (Å²) in [6.45, 7) is 2.81. The Bertz CT molecular complexity index is 617. The Labute approximate surface area is 147 Å². The van der Waals surface area contributed by atoms with Crippen LogP contribution in [0.1, 0.15) is 31.7 Å². The van der Waals surface area contributed by atoms with E-state index in [0.717, 1.165) is 5.56 Å². The van der Waals surface area contributed by atoms with Crippen LogP contribution in [0.5, 0.6) is 0 Å². The van der Waals surface area contributed by atoms with Gasteiger partial charge in [0.25, 0.3) is 0 Å². The van der Waals surface area contributed by atoms with E-state index in [4.69, 9.17) is 4.74 Å². The number of nitrogens with zero attached hydrogens (tertiary/aromatic N) is 1. The maximum Gasteiger partial charge on any atom is 0.313 e. The first kappa shape index (κ1) is 19.4. The van der Waals surface area contributed by atoms with Gasteiger partial charge in [0.05, 0.1) is 6.61 Å². The van der Waals surface area contributed by atoms with Crippen molar-refractivity contribution in [2.45, 2.75) is 32.6 Å². The average Bonchev–Trinajstić information content (AvgIpc) is 2.55. The zero-order chi connectivity index (χ0) is 18.4. The fraction of sp³-hybridized carbons (Fsp3) is 0.579. The molecule has 1 aromatic carbocycles. The number of ether oxygens (including phenoxy) is 1. The first-order valence-electron chi connectivity index (χ1n) is 8.61. The Morgan fingerprint density at radius 2 is 2.20 bits per heavy atom. The Balaban J connectivity index is 1.96. The molecule has 1 fully saturated rings. The molecule has 5 nitrogen and oxygen atoms in total. The van der Waals surface area contributed by atoms with Crippen LogP contribution in [0, 0.1) is 17.2 Å². The number of amides is 1. The zero-order valence-corrected chi connectivity index (χ0v) is 14.8. The summed E-state index contributed by atoms with van der Waals surface area (Å²) in [4.78, 5) is 25.9. The van der Waals surface area contributed by atoms with Crippen molar-refractivity contribution in [1.82, 2.24) is 4.90 Å². The minimum atomic E-state index is -1.02. The monoisotopic (exact) mass is 351 g/mol. The third kappa shape index (κ3) is 5.01. The summed E-state index contributed by atoms with van der Waals surface area (Å²) in [5, 5.41) is 9.57. The average molecular weight is 351 g/mol. The van der Waals surface area contributed by atoms with Gasteiger partial charge in [-0.3, -0.25) is 9.59 Å². The number of benzene rings is 1. The second-order valence-corrected chi connectivity index (χ2v) is 7.08. The molecule has 25 heavy (non-hydrogen) atoms. The summed E-state index contributed by atoms with van der Waals surface area (Å²) >= 11 is 0. The van der Waals surface area contributed by atoms with Crippen molar-refractivity contribution >= 4 is 11.9 Å². The van der Waals surface area contributed by atoms with Crippen LogP contribution in [0.15, 0.2) is 24.3 Å². The molecule has 2 rings (SSSR count). The second kappa shape index (κ2) is 8.43. The summed E-state index contributed by atoms with van der Waals surface area (Å²) in [6, 6.07) is 6.39. The van der Waals surface area contributed by atoms with Gasteiger partial charge in [-0.05, 0) is 42.9 Å². The van der Waals surface area contributed by atoms with E-state index in [1.165, 1.54) is 19.2 Å². The molecule has 1 amide bonds. The number of halogens is 1. The molecule has 0 radical (unpaired) electrons. The van der Waals surface area contributed by atoms with E-state index in [-0.39, 0.29) is 30.8 Å². The first-order valence-corrected chi connectivity index (χ1v) is 8.61. The summed E-state index contributed by atoms with van der Waals surface area (Å²) in [6.07, 6.45) is 2.09. The molecule has 0 saturated carbocycles. The Kier molecular flexibility index (Phi) is 6.53. The summed E-state index contributed by atoms with van der Waals surface area (Å²) in [5.41, 5.74) is -0.160. The Morgan fingerprint density at radius 1 is 1.44 bits per heavy atom. The number of carbonyl (C=O) groups is 2. The van der Waals surface area contributed by atoms with Gasteiger partial charge in [0.1, 0.15) is 11.2 Å². The lowest BCUT2D eigenvalue weighted by Crippen LogP contribution is -2.52. The molecule has 2 atom stereocenters. The summed E-state index contributed by atoms with van der Waals surface area (Å²) in [5.74, 6) is -1.19. The molecular weight excluding hydrogens is 325 g/mol. The van der Waals surface area contributed by atoms with Crippen LogP contribution >= 0.6 is 0 Å². The van der Waals surface area contributed by atoms with Crippen molar-refractivity contribution in [3.05, 3.63) is 35.6 Å². The standard InChI is InChI=1S/C19H26FNO4/c1-14(9-15-5-3-6-16(20)11-15)10-17(22)21-8-4-7-19(12-21,13-25-2)18(23)24/h3,5-6,11,14H,4,7-10,12-13H2,1-2H3,(H,23,24). The maximum atomic E-state index is 13.3. The van der Waals surface area contributed by atoms with Gasteiger partial charge >= 0.3 is 5.97 Å². The lowest BCUT2D eigenvalue weighted by Gasteiger charge is -2.39. The predicted molar refractivity (Wildman–Crippen MR) is 91.6 cm³/mol. The van der Waals surface area contributed by atoms with Gasteiger partial charge in [0, 0.05) is 26.6 Å². The largest absolute Gasteiger partial charge is 0.481 e. The van der Waals surface area contributed by atoms with Crippen molar-refractivity contribution in [1.29, 1.82) is 0 Å². The minimum Gasteiger partial charge on any atom is -0.481 e. The van der Waals surface area contributed by atoms with Crippen LogP contribution in [0.3, 0.4) is 0 Å². The van der Waals surface area contributed by atoms with E-state index < -0.39 is 11.4 Å². The van der Waals surface area contributed by atoms with E-state index in [1.54, 1.807) is 11.0 Å². The van der Waals surface area contributed by atoms with Crippen molar-refractivity contribution < 1.29 is 23.8 Å². The number of methoxy groups -OCH3 is 1. The lowest BCUT2D eigenvalue weighted by atomic mass is 9.80. The molecule has 1 aromatic rings. The van der Waals surface area contributed by atoms with E-state index in [2.05, 4.69) is 0 Å². The van der Waals surface area contributed by atoms with Crippen molar-refractivity contribution in [3.8, 4) is 0 Å². The number of likely N-dealkylation sites (tertiary alicyclic amines) is 1. The summed E-state index contributed by atoms with van der Waals surface area (Å²) < 4.78 is 18.4. The number of carboxylic acids is 1. The summed E-state index contributed by atoms with van der Waals surface area (Å²) in [7, 11) is 1.48. The fourth-order valence-corrected chi connectivity index (χ4v) is 3.54. The maximum absolute atomic E-state index is 13.3. The molecule has 1 heterocycles. The first-order chi connectivity index (χ1) is 11.9. The predicted octanol–water partition coefficient (Wildman–Crippen LogP) is 2.73. The van der Waals surface area contributed by atoms with Crippen LogP contribution in [-0.2, 0) is 20.7 Å². The van der Waals surface area contributed by atoms with Gasteiger partial charge in [-0.15, -0.1) is 0 Å². The van der Waals surface area contributed by atoms with Gasteiger partial charge in [0.2, 0.25) is 5.91 Å². The number of piperidine rings is 1. The van der Waals surface area contributed by atoms with Crippen LogP contribution in [-0.4, -0.2) is 48.7 Å². The van der Waals surface area contributed by atoms with Crippen molar-refractivity contribution in [3.63, 3.8) is 0 Å². The van der Waals surface area contributed by atoms with Gasteiger partial charge in [0.15, 0.2) is 0 Å². The molecule has 1 N–H and O–H groups in total. The number of rotatable bonds is 7. The highest BCUT2D eigenvalue weighted by molar-refractivity contribution is 5.80. The molecular formula is C19H26FNO4. The van der Waals surface area contributed by atoms with E-state index in [1.807, 2.05) is 13.0 Å². The highest BCUT2D eigenvalue weighted by atomic mass is 19.1. The Hall–Kier alpha value is -1.95. The van der Waals surface area contributed by atoms with Gasteiger partial charge in [-0.2, -0.15) is 0 Å².